The molecule has 3 heterocycles. The fourth-order valence-electron chi connectivity index (χ4n) is 6.62. The molecule has 0 aliphatic carbocycles. The number of rotatable bonds is 10. The van der Waals surface area contributed by atoms with Crippen LogP contribution in [0.1, 0.15) is 31.1 Å². The van der Waals surface area contributed by atoms with Gasteiger partial charge in [-0.1, -0.05) is 90.5 Å². The van der Waals surface area contributed by atoms with Crippen molar-refractivity contribution in [2.75, 3.05) is 9.80 Å². The largest absolute Gasteiger partial charge is 2.00 e. The van der Waals surface area contributed by atoms with Crippen molar-refractivity contribution in [3.8, 4) is 22.8 Å². The molecule has 59 heavy (non-hydrogen) atoms. The van der Waals surface area contributed by atoms with Crippen LogP contribution in [0, 0.1) is 17.7 Å². The normalized spacial score (nSPS) is 11.5. The summed E-state index contributed by atoms with van der Waals surface area (Å²) < 4.78 is 71.2. The van der Waals surface area contributed by atoms with E-state index in [-0.39, 0.29) is 43.8 Å². The minimum Gasteiger partial charge on any atom is -0.413 e. The van der Waals surface area contributed by atoms with Crippen LogP contribution in [0.15, 0.2) is 158 Å². The van der Waals surface area contributed by atoms with Crippen molar-refractivity contribution in [2.24, 2.45) is 0 Å². The van der Waals surface area contributed by atoms with Crippen LogP contribution in [0.5, 0.6) is 0 Å². The molecule has 0 unspecified atom stereocenters. The van der Waals surface area contributed by atoms with E-state index in [9.17, 15) is 17.6 Å². The van der Waals surface area contributed by atoms with Crippen LogP contribution < -0.4 is 14.9 Å². The molecule has 0 N–H and O–H groups in total. The third-order valence-electron chi connectivity index (χ3n) is 9.52. The van der Waals surface area contributed by atoms with E-state index >= 15 is 4.39 Å². The minimum atomic E-state index is -4.83. The van der Waals surface area contributed by atoms with Crippen molar-refractivity contribution in [1.82, 2.24) is 25.1 Å². The first kappa shape index (κ1) is 40.7. The van der Waals surface area contributed by atoms with E-state index in [1.165, 1.54) is 0 Å². The van der Waals surface area contributed by atoms with E-state index in [4.69, 9.17) is 9.97 Å². The van der Waals surface area contributed by atoms with Crippen LogP contribution in [0.2, 0.25) is 0 Å². The van der Waals surface area contributed by atoms with Gasteiger partial charge in [-0.05, 0) is 92.1 Å². The summed E-state index contributed by atoms with van der Waals surface area (Å²) >= 11 is 0. The summed E-state index contributed by atoms with van der Waals surface area (Å²) in [5, 5.41) is 7.14. The van der Waals surface area contributed by atoms with Gasteiger partial charge in [-0.2, -0.15) is 13.2 Å². The fourth-order valence-corrected chi connectivity index (χ4v) is 6.62. The predicted octanol–water partition coefficient (Wildman–Crippen LogP) is 11.9. The van der Waals surface area contributed by atoms with Gasteiger partial charge in [0.2, 0.25) is 0 Å². The molecule has 13 heteroatoms. The molecule has 0 aliphatic rings. The van der Waals surface area contributed by atoms with Crippen molar-refractivity contribution >= 4 is 34.1 Å². The Labute approximate surface area is 351 Å². The molecule has 0 saturated heterocycles. The van der Waals surface area contributed by atoms with Crippen molar-refractivity contribution in [1.29, 1.82) is 0 Å². The fraction of sp³-hybridized carbons (Fsp3) is 0.0870. The second kappa shape index (κ2) is 16.8. The molecule has 296 valence electrons. The Morgan fingerprint density at radius 1 is 0.542 bits per heavy atom. The molecule has 7 nitrogen and oxygen atoms in total. The molecule has 3 aromatic heterocycles. The van der Waals surface area contributed by atoms with E-state index < -0.39 is 29.1 Å². The van der Waals surface area contributed by atoms with Crippen LogP contribution in [-0.2, 0) is 32.7 Å². The molecule has 0 radical (unpaired) electrons. The van der Waals surface area contributed by atoms with Gasteiger partial charge in [-0.25, -0.2) is 0 Å². The van der Waals surface area contributed by atoms with Crippen LogP contribution in [0.25, 0.3) is 22.8 Å². The molecular weight excluding hydrogens is 941 g/mol. The van der Waals surface area contributed by atoms with Crippen molar-refractivity contribution < 1.29 is 43.0 Å². The smallest absolute Gasteiger partial charge is 0.413 e. The summed E-state index contributed by atoms with van der Waals surface area (Å²) in [6.45, 7) is 3.72. The summed E-state index contributed by atoms with van der Waals surface area (Å²) in [6.07, 6.45) is -4.83. The summed E-state index contributed by atoms with van der Waals surface area (Å²) in [5.74, 6) is -3.36. The van der Waals surface area contributed by atoms with E-state index in [0.717, 1.165) is 34.9 Å². The van der Waals surface area contributed by atoms with Crippen molar-refractivity contribution in [3.05, 3.63) is 193 Å². The minimum absolute atomic E-state index is 0. The number of hydrogen-bond acceptors (Lipinski definition) is 6. The monoisotopic (exact) mass is 972 g/mol. The van der Waals surface area contributed by atoms with Crippen molar-refractivity contribution in [2.45, 2.75) is 25.4 Å². The van der Waals surface area contributed by atoms with E-state index in [1.54, 1.807) is 12.1 Å². The Balaban J connectivity index is 0.00000528. The van der Waals surface area contributed by atoms with Crippen LogP contribution in [0.4, 0.5) is 56.1 Å². The van der Waals surface area contributed by atoms with Gasteiger partial charge in [0.15, 0.2) is 0 Å². The molecule has 0 saturated carbocycles. The molecule has 0 amide bonds. The molecule has 0 atom stereocenters. The van der Waals surface area contributed by atoms with Gasteiger partial charge in [-0.15, -0.1) is 12.1 Å². The van der Waals surface area contributed by atoms with Crippen LogP contribution >= 0.6 is 0 Å². The summed E-state index contributed by atoms with van der Waals surface area (Å²) in [7, 11) is 0. The Hall–Kier alpha value is -6.52. The average Bonchev–Trinajstić information content (AvgIpc) is 3.75. The first-order valence-electron chi connectivity index (χ1n) is 18.1. The third kappa shape index (κ3) is 8.54. The maximum atomic E-state index is 15.6. The Morgan fingerprint density at radius 2 is 0.966 bits per heavy atom. The standard InChI is InChI=1S/C46H32F5N7.Pt/c1-45(2,41-28-35(26-39(52-41)37-24-23-30(47)25-38(37)48)57(31-15-7-3-8-16-31)32-17-9-4-10-18-32)42-29-36(27-40(53-42)43-54-44(56-55-43)46(49,50)51)58(33-19-11-5-12-20-33)34-21-13-6-14-22-34;/h3-23,25-29H,1-2H3;/q-2;+2. The Bertz CT molecular complexity index is 2600. The molecule has 0 bridgehead atoms. The number of hydrogen-bond donors (Lipinski definition) is 0. The van der Waals surface area contributed by atoms with Crippen LogP contribution in [0.3, 0.4) is 0 Å². The van der Waals surface area contributed by atoms with Gasteiger partial charge >= 0.3 is 27.2 Å². The maximum absolute atomic E-state index is 15.6. The molecule has 8 rings (SSSR count). The molecule has 8 aromatic rings. The van der Waals surface area contributed by atoms with Gasteiger partial charge < -0.3 is 24.9 Å². The van der Waals surface area contributed by atoms with E-state index in [2.05, 4.69) is 21.2 Å². The van der Waals surface area contributed by atoms with Crippen LogP contribution in [-0.4, -0.2) is 20.1 Å². The summed E-state index contributed by atoms with van der Waals surface area (Å²) in [5.41, 5.74) is 4.03. The quantitative estimate of drug-likeness (QED) is 0.0998. The van der Waals surface area contributed by atoms with E-state index in [1.807, 2.05) is 157 Å². The molecular formula is C46H32F5N7Pt. The second-order valence-corrected chi connectivity index (χ2v) is 13.8. The number of alkyl halides is 3. The van der Waals surface area contributed by atoms with Gasteiger partial charge in [0.1, 0.15) is 5.82 Å². The number of nitrogens with zero attached hydrogens (tertiary/aromatic N) is 7. The zero-order valence-electron chi connectivity index (χ0n) is 31.3. The maximum Gasteiger partial charge on any atom is 2.00 e. The number of para-hydroxylation sites is 4. The number of aromatic nitrogens is 5. The SMILES string of the molecule is CC(C)(c1cc(N(c2ccccc2)c2ccccc2)cc(-c2nc(C(F)(F)F)n[n-]2)n1)c1cc(N(c2ccccc2)c2ccccc2)cc(-c2[c-]cc(F)cc2F)n1.[Pt+2]. The Morgan fingerprint density at radius 3 is 1.37 bits per heavy atom. The molecule has 0 spiro atoms. The third-order valence-corrected chi connectivity index (χ3v) is 9.52. The number of halogens is 5. The first-order valence-corrected chi connectivity index (χ1v) is 18.1. The average molecular weight is 973 g/mol. The Kier molecular flexibility index (Phi) is 11.5. The number of anilines is 6. The van der Waals surface area contributed by atoms with Gasteiger partial charge in [0, 0.05) is 51.2 Å². The number of benzene rings is 5. The van der Waals surface area contributed by atoms with Crippen molar-refractivity contribution in [3.63, 3.8) is 0 Å². The molecule has 5 aromatic carbocycles. The second-order valence-electron chi connectivity index (χ2n) is 13.8. The van der Waals surface area contributed by atoms with Gasteiger partial charge in [-0.3, -0.25) is 18.9 Å². The zero-order valence-corrected chi connectivity index (χ0v) is 33.6. The van der Waals surface area contributed by atoms with Gasteiger partial charge in [0.05, 0.1) is 17.1 Å². The first-order chi connectivity index (χ1) is 28.0. The topological polar surface area (TPSA) is 72.1 Å². The number of pyridine rings is 2. The van der Waals surface area contributed by atoms with E-state index in [0.29, 0.717) is 22.8 Å². The zero-order chi connectivity index (χ0) is 40.4. The summed E-state index contributed by atoms with van der Waals surface area (Å²) in [6, 6.07) is 49.6. The summed E-state index contributed by atoms with van der Waals surface area (Å²) in [4.78, 5) is 17.5. The van der Waals surface area contributed by atoms with Gasteiger partial charge in [0.25, 0.3) is 0 Å². The molecule has 0 aliphatic heterocycles. The molecule has 0 fully saturated rings. The predicted molar refractivity (Wildman–Crippen MR) is 214 cm³/mol.